The Balaban J connectivity index is 2.95. The van der Waals surface area contributed by atoms with Gasteiger partial charge in [0.05, 0.1) is 6.61 Å². The van der Waals surface area contributed by atoms with Crippen LogP contribution in [0.3, 0.4) is 0 Å². The van der Waals surface area contributed by atoms with Gasteiger partial charge < -0.3 is 10.4 Å². The Hall–Kier alpha value is -0.900. The summed E-state index contributed by atoms with van der Waals surface area (Å²) in [6.45, 7) is 12.9. The van der Waals surface area contributed by atoms with Crippen LogP contribution in [0.1, 0.15) is 46.2 Å². The van der Waals surface area contributed by atoms with Gasteiger partial charge in [-0.2, -0.15) is 0 Å². The SMILES string of the molecule is CCNC(c1ccccc1)C(C)(C)CN(C)C(C)(C)CO. The van der Waals surface area contributed by atoms with Crippen LogP contribution in [0.15, 0.2) is 30.3 Å². The lowest BCUT2D eigenvalue weighted by Crippen LogP contribution is -2.50. The van der Waals surface area contributed by atoms with E-state index in [0.717, 1.165) is 13.1 Å². The highest BCUT2D eigenvalue weighted by molar-refractivity contribution is 5.21. The molecule has 0 fully saturated rings. The van der Waals surface area contributed by atoms with Gasteiger partial charge in [-0.3, -0.25) is 4.90 Å². The maximum Gasteiger partial charge on any atom is 0.0609 e. The molecule has 0 heterocycles. The van der Waals surface area contributed by atoms with Gasteiger partial charge >= 0.3 is 0 Å². The molecule has 1 unspecified atom stereocenters. The topological polar surface area (TPSA) is 35.5 Å². The van der Waals surface area contributed by atoms with Crippen LogP contribution in [0.4, 0.5) is 0 Å². The maximum atomic E-state index is 9.56. The number of rotatable bonds is 8. The molecular formula is C18H32N2O. The van der Waals surface area contributed by atoms with Gasteiger partial charge in [0.1, 0.15) is 0 Å². The van der Waals surface area contributed by atoms with Gasteiger partial charge in [0.2, 0.25) is 0 Å². The molecule has 1 aromatic carbocycles. The van der Waals surface area contributed by atoms with Crippen molar-refractivity contribution in [3.8, 4) is 0 Å². The number of hydrogen-bond donors (Lipinski definition) is 2. The van der Waals surface area contributed by atoms with Crippen molar-refractivity contribution < 1.29 is 5.11 Å². The molecule has 1 aromatic rings. The van der Waals surface area contributed by atoms with Crippen LogP contribution in [0, 0.1) is 5.41 Å². The van der Waals surface area contributed by atoms with E-state index < -0.39 is 0 Å². The summed E-state index contributed by atoms with van der Waals surface area (Å²) in [5.74, 6) is 0. The molecule has 120 valence electrons. The van der Waals surface area contributed by atoms with Crippen LogP contribution < -0.4 is 5.32 Å². The second kappa shape index (κ2) is 7.39. The number of likely N-dealkylation sites (N-methyl/N-ethyl adjacent to an activating group) is 1. The van der Waals surface area contributed by atoms with E-state index in [1.807, 2.05) is 0 Å². The Kier molecular flexibility index (Phi) is 6.39. The number of nitrogens with zero attached hydrogens (tertiary/aromatic N) is 1. The van der Waals surface area contributed by atoms with Crippen molar-refractivity contribution >= 4 is 0 Å². The Labute approximate surface area is 130 Å². The van der Waals surface area contributed by atoms with Crippen molar-refractivity contribution in [2.24, 2.45) is 5.41 Å². The van der Waals surface area contributed by atoms with Crippen LogP contribution in [-0.2, 0) is 0 Å². The summed E-state index contributed by atoms with van der Waals surface area (Å²) in [7, 11) is 2.09. The van der Waals surface area contributed by atoms with Crippen molar-refractivity contribution in [1.29, 1.82) is 0 Å². The zero-order valence-corrected chi connectivity index (χ0v) is 14.5. The molecule has 0 amide bonds. The monoisotopic (exact) mass is 292 g/mol. The third-order valence-electron chi connectivity index (χ3n) is 4.39. The van der Waals surface area contributed by atoms with Gasteiger partial charge in [0, 0.05) is 18.1 Å². The average Bonchev–Trinajstić information content (AvgIpc) is 2.44. The fourth-order valence-electron chi connectivity index (χ4n) is 2.73. The Morgan fingerprint density at radius 1 is 1.14 bits per heavy atom. The zero-order valence-electron chi connectivity index (χ0n) is 14.5. The maximum absolute atomic E-state index is 9.56. The Morgan fingerprint density at radius 2 is 1.71 bits per heavy atom. The third-order valence-corrected chi connectivity index (χ3v) is 4.39. The fourth-order valence-corrected chi connectivity index (χ4v) is 2.73. The molecular weight excluding hydrogens is 260 g/mol. The first-order valence-corrected chi connectivity index (χ1v) is 7.85. The number of benzene rings is 1. The second-order valence-electron chi connectivity index (χ2n) is 7.22. The molecule has 0 saturated carbocycles. The summed E-state index contributed by atoms with van der Waals surface area (Å²) in [5.41, 5.74) is 1.17. The van der Waals surface area contributed by atoms with Crippen LogP contribution in [-0.4, -0.2) is 42.3 Å². The van der Waals surface area contributed by atoms with Gasteiger partial charge in [-0.25, -0.2) is 0 Å². The summed E-state index contributed by atoms with van der Waals surface area (Å²) in [4.78, 5) is 2.25. The van der Waals surface area contributed by atoms with Gasteiger partial charge in [-0.15, -0.1) is 0 Å². The van der Waals surface area contributed by atoms with Crippen LogP contribution in [0.25, 0.3) is 0 Å². The standard InChI is InChI=1S/C18H32N2O/c1-7-19-16(15-11-9-8-10-12-15)17(2,3)13-20(6)18(4,5)14-21/h8-12,16,19,21H,7,13-14H2,1-6H3. The van der Waals surface area contributed by atoms with Crippen molar-refractivity contribution in [1.82, 2.24) is 10.2 Å². The van der Waals surface area contributed by atoms with Crippen LogP contribution >= 0.6 is 0 Å². The molecule has 0 aromatic heterocycles. The van der Waals surface area contributed by atoms with Crippen molar-refractivity contribution in [3.05, 3.63) is 35.9 Å². The summed E-state index contributed by atoms with van der Waals surface area (Å²) in [5, 5.41) is 13.2. The van der Waals surface area contributed by atoms with Crippen molar-refractivity contribution in [2.45, 2.75) is 46.2 Å². The molecule has 0 aliphatic heterocycles. The summed E-state index contributed by atoms with van der Waals surface area (Å²) >= 11 is 0. The van der Waals surface area contributed by atoms with Gasteiger partial charge in [-0.1, -0.05) is 51.1 Å². The van der Waals surface area contributed by atoms with Crippen LogP contribution in [0.2, 0.25) is 0 Å². The quantitative estimate of drug-likeness (QED) is 0.773. The molecule has 21 heavy (non-hydrogen) atoms. The first-order valence-electron chi connectivity index (χ1n) is 7.85. The predicted molar refractivity (Wildman–Crippen MR) is 90.4 cm³/mol. The minimum atomic E-state index is -0.204. The normalized spacial score (nSPS) is 14.5. The van der Waals surface area contributed by atoms with E-state index in [1.54, 1.807) is 0 Å². The fraction of sp³-hybridized carbons (Fsp3) is 0.667. The highest BCUT2D eigenvalue weighted by Gasteiger charge is 2.34. The molecule has 0 saturated heterocycles. The highest BCUT2D eigenvalue weighted by atomic mass is 16.3. The van der Waals surface area contributed by atoms with E-state index in [2.05, 4.69) is 82.2 Å². The number of aliphatic hydroxyl groups excluding tert-OH is 1. The molecule has 0 aliphatic carbocycles. The molecule has 0 aliphatic rings. The van der Waals surface area contributed by atoms with E-state index in [-0.39, 0.29) is 17.6 Å². The minimum absolute atomic E-state index is 0.0541. The highest BCUT2D eigenvalue weighted by Crippen LogP contribution is 2.35. The number of nitrogens with one attached hydrogen (secondary N) is 1. The smallest absolute Gasteiger partial charge is 0.0609 e. The molecule has 1 atom stereocenters. The first kappa shape index (κ1) is 18.1. The van der Waals surface area contributed by atoms with E-state index in [9.17, 15) is 5.11 Å². The third kappa shape index (κ3) is 4.80. The lowest BCUT2D eigenvalue weighted by atomic mass is 9.79. The predicted octanol–water partition coefficient (Wildman–Crippen LogP) is 3.07. The minimum Gasteiger partial charge on any atom is -0.394 e. The number of hydrogen-bond acceptors (Lipinski definition) is 3. The first-order chi connectivity index (χ1) is 9.74. The molecule has 1 rings (SSSR count). The summed E-state index contributed by atoms with van der Waals surface area (Å²) in [6, 6.07) is 10.9. The van der Waals surface area contributed by atoms with E-state index >= 15 is 0 Å². The lowest BCUT2D eigenvalue weighted by molar-refractivity contribution is 0.0385. The van der Waals surface area contributed by atoms with Gasteiger partial charge in [-0.05, 0) is 38.4 Å². The zero-order chi connectivity index (χ0) is 16.1. The molecule has 3 nitrogen and oxygen atoms in total. The van der Waals surface area contributed by atoms with Crippen molar-refractivity contribution in [3.63, 3.8) is 0 Å². The average molecular weight is 292 g/mol. The molecule has 0 radical (unpaired) electrons. The van der Waals surface area contributed by atoms with E-state index in [0.29, 0.717) is 6.04 Å². The Bertz CT molecular complexity index is 414. The molecule has 0 bridgehead atoms. The number of aliphatic hydroxyl groups is 1. The van der Waals surface area contributed by atoms with Gasteiger partial charge in [0.15, 0.2) is 0 Å². The summed E-state index contributed by atoms with van der Waals surface area (Å²) in [6.07, 6.45) is 0. The molecule has 2 N–H and O–H groups in total. The van der Waals surface area contributed by atoms with Crippen molar-refractivity contribution in [2.75, 3.05) is 26.7 Å². The second-order valence-corrected chi connectivity index (χ2v) is 7.22. The van der Waals surface area contributed by atoms with E-state index in [4.69, 9.17) is 0 Å². The lowest BCUT2D eigenvalue weighted by Gasteiger charge is -2.43. The Morgan fingerprint density at radius 3 is 2.19 bits per heavy atom. The summed E-state index contributed by atoms with van der Waals surface area (Å²) < 4.78 is 0. The van der Waals surface area contributed by atoms with Gasteiger partial charge in [0.25, 0.3) is 0 Å². The largest absolute Gasteiger partial charge is 0.394 e. The molecule has 3 heteroatoms. The molecule has 0 spiro atoms. The van der Waals surface area contributed by atoms with E-state index in [1.165, 1.54) is 5.56 Å². The van der Waals surface area contributed by atoms with Crippen LogP contribution in [0.5, 0.6) is 0 Å².